The smallest absolute Gasteiger partial charge is 0.337 e. The van der Waals surface area contributed by atoms with E-state index in [0.29, 0.717) is 11.4 Å². The highest BCUT2D eigenvalue weighted by Crippen LogP contribution is 2.25. The van der Waals surface area contributed by atoms with E-state index in [4.69, 9.17) is 10.4 Å². The fraction of sp³-hybridized carbons (Fsp3) is 0.462. The van der Waals surface area contributed by atoms with Gasteiger partial charge in [0.25, 0.3) is 0 Å². The number of carboxylic acids is 1. The second-order valence-corrected chi connectivity index (χ2v) is 4.89. The van der Waals surface area contributed by atoms with Crippen LogP contribution < -0.4 is 5.32 Å². The number of hydrogen-bond acceptors (Lipinski definition) is 5. The number of aliphatic hydroxyl groups is 1. The number of pyridine rings is 1. The summed E-state index contributed by atoms with van der Waals surface area (Å²) in [6, 6.07) is 3.82. The SMILES string of the molecule is CC(O)(CNc1nc2c(cc1C#N)CCC2)C(=O)O. The van der Waals surface area contributed by atoms with Crippen LogP contribution in [0.4, 0.5) is 5.82 Å². The fourth-order valence-corrected chi connectivity index (χ4v) is 2.02. The maximum Gasteiger partial charge on any atom is 0.337 e. The summed E-state index contributed by atoms with van der Waals surface area (Å²) in [7, 11) is 0. The van der Waals surface area contributed by atoms with Gasteiger partial charge in [-0.1, -0.05) is 0 Å². The van der Waals surface area contributed by atoms with Crippen LogP contribution in [0.1, 0.15) is 30.2 Å². The Morgan fingerprint density at radius 3 is 3.00 bits per heavy atom. The van der Waals surface area contributed by atoms with Gasteiger partial charge in [-0.25, -0.2) is 9.78 Å². The van der Waals surface area contributed by atoms with Crippen molar-refractivity contribution in [3.63, 3.8) is 0 Å². The van der Waals surface area contributed by atoms with E-state index in [1.54, 1.807) is 6.07 Å². The highest BCUT2D eigenvalue weighted by Gasteiger charge is 2.30. The summed E-state index contributed by atoms with van der Waals surface area (Å²) in [5, 5.41) is 30.3. The molecule has 0 bridgehead atoms. The quantitative estimate of drug-likeness (QED) is 0.736. The van der Waals surface area contributed by atoms with Crippen molar-refractivity contribution in [3.05, 3.63) is 22.9 Å². The van der Waals surface area contributed by atoms with Gasteiger partial charge in [0.1, 0.15) is 11.9 Å². The summed E-state index contributed by atoms with van der Waals surface area (Å²) in [5.74, 6) is -0.982. The first-order chi connectivity index (χ1) is 8.94. The summed E-state index contributed by atoms with van der Waals surface area (Å²) in [4.78, 5) is 15.2. The molecule has 0 fully saturated rings. The van der Waals surface area contributed by atoms with Crippen molar-refractivity contribution >= 4 is 11.8 Å². The van der Waals surface area contributed by atoms with E-state index in [0.717, 1.165) is 30.5 Å². The molecule has 3 N–H and O–H groups in total. The lowest BCUT2D eigenvalue weighted by molar-refractivity contribution is -0.155. The van der Waals surface area contributed by atoms with Crippen molar-refractivity contribution in [2.24, 2.45) is 0 Å². The number of aryl methyl sites for hydroxylation is 2. The number of fused-ring (bicyclic) bond motifs is 1. The summed E-state index contributed by atoms with van der Waals surface area (Å²) in [6.07, 6.45) is 2.80. The third-order valence-electron chi connectivity index (χ3n) is 3.23. The third-order valence-corrected chi connectivity index (χ3v) is 3.23. The molecule has 19 heavy (non-hydrogen) atoms. The third kappa shape index (κ3) is 2.66. The average Bonchev–Trinajstić information content (AvgIpc) is 2.81. The molecule has 1 aromatic heterocycles. The van der Waals surface area contributed by atoms with Crippen LogP contribution in [0.2, 0.25) is 0 Å². The summed E-state index contributed by atoms with van der Waals surface area (Å²) in [6.45, 7) is 0.991. The van der Waals surface area contributed by atoms with E-state index >= 15 is 0 Å². The topological polar surface area (TPSA) is 106 Å². The number of nitriles is 1. The molecule has 6 nitrogen and oxygen atoms in total. The number of carboxylic acid groups (broad SMARTS) is 1. The molecule has 0 saturated carbocycles. The lowest BCUT2D eigenvalue weighted by atomic mass is 10.1. The van der Waals surface area contributed by atoms with Gasteiger partial charge in [0.05, 0.1) is 12.1 Å². The number of hydrogen-bond donors (Lipinski definition) is 3. The molecule has 2 rings (SSSR count). The Kier molecular flexibility index (Phi) is 3.40. The largest absolute Gasteiger partial charge is 0.479 e. The van der Waals surface area contributed by atoms with Gasteiger partial charge < -0.3 is 15.5 Å². The molecule has 100 valence electrons. The highest BCUT2D eigenvalue weighted by molar-refractivity contribution is 5.77. The van der Waals surface area contributed by atoms with Crippen molar-refractivity contribution < 1.29 is 15.0 Å². The first kappa shape index (κ1) is 13.3. The number of nitrogens with zero attached hydrogens (tertiary/aromatic N) is 2. The molecule has 1 heterocycles. The second-order valence-electron chi connectivity index (χ2n) is 4.89. The summed E-state index contributed by atoms with van der Waals surface area (Å²) < 4.78 is 0. The van der Waals surface area contributed by atoms with E-state index in [9.17, 15) is 9.90 Å². The van der Waals surface area contributed by atoms with Crippen LogP contribution in [-0.2, 0) is 17.6 Å². The minimum Gasteiger partial charge on any atom is -0.479 e. The number of aliphatic carboxylic acids is 1. The Balaban J connectivity index is 2.21. The lowest BCUT2D eigenvalue weighted by Crippen LogP contribution is -2.42. The summed E-state index contributed by atoms with van der Waals surface area (Å²) >= 11 is 0. The highest BCUT2D eigenvalue weighted by atomic mass is 16.4. The van der Waals surface area contributed by atoms with Crippen molar-refractivity contribution in [2.45, 2.75) is 31.8 Å². The van der Waals surface area contributed by atoms with Crippen molar-refractivity contribution in [1.82, 2.24) is 4.98 Å². The van der Waals surface area contributed by atoms with Gasteiger partial charge >= 0.3 is 5.97 Å². The fourth-order valence-electron chi connectivity index (χ4n) is 2.02. The van der Waals surface area contributed by atoms with Gasteiger partial charge in [0, 0.05) is 5.69 Å². The number of anilines is 1. The van der Waals surface area contributed by atoms with Gasteiger partial charge in [-0.3, -0.25) is 0 Å². The van der Waals surface area contributed by atoms with Crippen molar-refractivity contribution in [1.29, 1.82) is 5.26 Å². The molecule has 6 heteroatoms. The molecule has 0 radical (unpaired) electrons. The maximum atomic E-state index is 10.8. The van der Waals surface area contributed by atoms with E-state index < -0.39 is 11.6 Å². The van der Waals surface area contributed by atoms with Crippen LogP contribution in [0.3, 0.4) is 0 Å². The predicted molar refractivity (Wildman–Crippen MR) is 67.7 cm³/mol. The minimum absolute atomic E-state index is 0.206. The second kappa shape index (κ2) is 4.86. The van der Waals surface area contributed by atoms with E-state index in [1.807, 2.05) is 6.07 Å². The molecule has 1 atom stereocenters. The maximum absolute atomic E-state index is 10.8. The monoisotopic (exact) mass is 261 g/mol. The number of aromatic nitrogens is 1. The number of nitrogens with one attached hydrogen (secondary N) is 1. The van der Waals surface area contributed by atoms with Crippen LogP contribution in [0, 0.1) is 11.3 Å². The molecular formula is C13H15N3O3. The van der Waals surface area contributed by atoms with Gasteiger partial charge in [0.2, 0.25) is 0 Å². The van der Waals surface area contributed by atoms with E-state index in [1.165, 1.54) is 6.92 Å². The molecule has 1 aliphatic carbocycles. The molecule has 0 aromatic carbocycles. The summed E-state index contributed by atoms with van der Waals surface area (Å²) in [5.41, 5.74) is 0.498. The molecule has 1 aromatic rings. The minimum atomic E-state index is -1.90. The van der Waals surface area contributed by atoms with Crippen molar-refractivity contribution in [2.75, 3.05) is 11.9 Å². The van der Waals surface area contributed by atoms with Crippen LogP contribution in [0.5, 0.6) is 0 Å². The van der Waals surface area contributed by atoms with E-state index in [-0.39, 0.29) is 6.54 Å². The standard InChI is InChI=1S/C13H15N3O3/c1-13(19,12(17)18)7-15-11-9(6-14)5-8-3-2-4-10(8)16-11/h5,19H,2-4,7H2,1H3,(H,15,16)(H,17,18). The molecule has 1 aliphatic rings. The molecule has 0 aliphatic heterocycles. The van der Waals surface area contributed by atoms with Crippen LogP contribution in [0.15, 0.2) is 6.07 Å². The Labute approximate surface area is 110 Å². The molecule has 0 amide bonds. The zero-order chi connectivity index (χ0) is 14.0. The molecule has 1 unspecified atom stereocenters. The Morgan fingerprint density at radius 1 is 1.63 bits per heavy atom. The number of carbonyl (C=O) groups is 1. The van der Waals surface area contributed by atoms with Crippen molar-refractivity contribution in [3.8, 4) is 6.07 Å². The molecule has 0 spiro atoms. The average molecular weight is 261 g/mol. The number of rotatable bonds is 4. The van der Waals surface area contributed by atoms with Crippen LogP contribution in [0.25, 0.3) is 0 Å². The van der Waals surface area contributed by atoms with Gasteiger partial charge in [0.15, 0.2) is 5.60 Å². The Bertz CT molecular complexity index is 561. The lowest BCUT2D eigenvalue weighted by Gasteiger charge is -2.19. The zero-order valence-electron chi connectivity index (χ0n) is 10.6. The zero-order valence-corrected chi connectivity index (χ0v) is 10.6. The van der Waals surface area contributed by atoms with Gasteiger partial charge in [-0.2, -0.15) is 5.26 Å². The Morgan fingerprint density at radius 2 is 2.37 bits per heavy atom. The van der Waals surface area contributed by atoms with Crippen LogP contribution >= 0.6 is 0 Å². The van der Waals surface area contributed by atoms with Gasteiger partial charge in [-0.05, 0) is 37.8 Å². The predicted octanol–water partition coefficient (Wildman–Crippen LogP) is 0.689. The van der Waals surface area contributed by atoms with Gasteiger partial charge in [-0.15, -0.1) is 0 Å². The normalized spacial score (nSPS) is 16.3. The van der Waals surface area contributed by atoms with Crippen LogP contribution in [-0.4, -0.2) is 33.3 Å². The molecular weight excluding hydrogens is 246 g/mol. The molecule has 0 saturated heterocycles. The first-order valence-corrected chi connectivity index (χ1v) is 6.06. The Hall–Kier alpha value is -2.13. The van der Waals surface area contributed by atoms with E-state index in [2.05, 4.69) is 10.3 Å². The first-order valence-electron chi connectivity index (χ1n) is 6.06.